The molecule has 0 radical (unpaired) electrons. The molecule has 1 unspecified atom stereocenters. The highest BCUT2D eigenvalue weighted by atomic mass is 16.5. The number of unbranched alkanes of at least 4 members (excludes halogenated alkanes) is 11. The van der Waals surface area contributed by atoms with E-state index < -0.39 is 5.97 Å². The maximum Gasteiger partial charge on any atom is 0.307 e. The van der Waals surface area contributed by atoms with Crippen molar-refractivity contribution in [1.29, 1.82) is 0 Å². The lowest BCUT2D eigenvalue weighted by Gasteiger charge is -2.13. The highest BCUT2D eigenvalue weighted by molar-refractivity contribution is 5.69. The fraction of sp³-hybridized carbons (Fsp3) is 0.909. The van der Waals surface area contributed by atoms with E-state index in [2.05, 4.69) is 12.2 Å². The Morgan fingerprint density at radius 3 is 1.81 bits per heavy atom. The quantitative estimate of drug-likeness (QED) is 0.215. The summed E-state index contributed by atoms with van der Waals surface area (Å²) in [5.74, 6) is -1.04. The maximum atomic E-state index is 11.7. The molecule has 0 saturated carbocycles. The topological polar surface area (TPSA) is 75.6 Å². The molecule has 0 fully saturated rings. The second-order valence-corrected chi connectivity index (χ2v) is 7.62. The van der Waals surface area contributed by atoms with Crippen molar-refractivity contribution < 1.29 is 19.4 Å². The van der Waals surface area contributed by atoms with Gasteiger partial charge in [-0.2, -0.15) is 0 Å². The molecule has 160 valence electrons. The smallest absolute Gasteiger partial charge is 0.307 e. The Morgan fingerprint density at radius 2 is 1.30 bits per heavy atom. The van der Waals surface area contributed by atoms with Crippen LogP contribution in [0.15, 0.2) is 0 Å². The lowest BCUT2D eigenvalue weighted by Crippen LogP contribution is -2.23. The van der Waals surface area contributed by atoms with Crippen molar-refractivity contribution in [2.75, 3.05) is 13.1 Å². The Morgan fingerprint density at radius 1 is 0.815 bits per heavy atom. The van der Waals surface area contributed by atoms with Crippen LogP contribution >= 0.6 is 0 Å². The van der Waals surface area contributed by atoms with E-state index in [1.54, 1.807) is 0 Å². The van der Waals surface area contributed by atoms with Crippen LogP contribution in [0.5, 0.6) is 0 Å². The lowest BCUT2D eigenvalue weighted by atomic mass is 10.0. The van der Waals surface area contributed by atoms with Gasteiger partial charge in [-0.1, -0.05) is 77.6 Å². The van der Waals surface area contributed by atoms with Gasteiger partial charge in [0.25, 0.3) is 0 Å². The van der Waals surface area contributed by atoms with Crippen molar-refractivity contribution in [1.82, 2.24) is 5.32 Å². The number of rotatable bonds is 20. The number of carbonyl (C=O) groups is 2. The fourth-order valence-corrected chi connectivity index (χ4v) is 3.13. The molecule has 0 aromatic rings. The largest absolute Gasteiger partial charge is 0.481 e. The number of aliphatic carboxylic acids is 1. The fourth-order valence-electron chi connectivity index (χ4n) is 3.13. The first-order valence-electron chi connectivity index (χ1n) is 11.2. The molecule has 0 aromatic heterocycles. The van der Waals surface area contributed by atoms with E-state index in [4.69, 9.17) is 9.84 Å². The van der Waals surface area contributed by atoms with Gasteiger partial charge in [-0.15, -0.1) is 0 Å². The van der Waals surface area contributed by atoms with E-state index in [9.17, 15) is 9.59 Å². The summed E-state index contributed by atoms with van der Waals surface area (Å²) in [5, 5.41) is 11.5. The highest BCUT2D eigenvalue weighted by Crippen LogP contribution is 2.13. The van der Waals surface area contributed by atoms with Gasteiger partial charge in [-0.05, 0) is 19.8 Å². The van der Waals surface area contributed by atoms with Gasteiger partial charge >= 0.3 is 11.9 Å². The predicted molar refractivity (Wildman–Crippen MR) is 111 cm³/mol. The molecule has 27 heavy (non-hydrogen) atoms. The molecule has 1 atom stereocenters. The molecule has 2 N–H and O–H groups in total. The van der Waals surface area contributed by atoms with Crippen LogP contribution in [0.4, 0.5) is 0 Å². The minimum atomic E-state index is -0.832. The van der Waals surface area contributed by atoms with Crippen molar-refractivity contribution in [2.45, 2.75) is 116 Å². The Kier molecular flexibility index (Phi) is 18.9. The Labute approximate surface area is 166 Å². The van der Waals surface area contributed by atoms with Crippen LogP contribution in [0.25, 0.3) is 0 Å². The predicted octanol–water partition coefficient (Wildman–Crippen LogP) is 5.46. The van der Waals surface area contributed by atoms with Crippen LogP contribution in [0.3, 0.4) is 0 Å². The summed E-state index contributed by atoms with van der Waals surface area (Å²) in [6.07, 6.45) is 17.2. The van der Waals surface area contributed by atoms with Crippen molar-refractivity contribution >= 4 is 11.9 Å². The van der Waals surface area contributed by atoms with Crippen LogP contribution in [0, 0.1) is 0 Å². The number of ether oxygens (including phenoxy) is 1. The molecule has 0 amide bonds. The molecule has 5 nitrogen and oxygen atoms in total. The third-order valence-corrected chi connectivity index (χ3v) is 4.82. The number of carboxylic acid groups (broad SMARTS) is 1. The van der Waals surface area contributed by atoms with Gasteiger partial charge in [0.05, 0.1) is 18.9 Å². The van der Waals surface area contributed by atoms with E-state index >= 15 is 0 Å². The molecule has 0 aliphatic heterocycles. The average Bonchev–Trinajstić information content (AvgIpc) is 2.62. The Bertz CT molecular complexity index is 360. The number of nitrogens with one attached hydrogen (secondary N) is 1. The zero-order valence-electron chi connectivity index (χ0n) is 17.8. The monoisotopic (exact) mass is 385 g/mol. The molecule has 5 heteroatoms. The van der Waals surface area contributed by atoms with Crippen LogP contribution in [-0.4, -0.2) is 36.2 Å². The van der Waals surface area contributed by atoms with Crippen molar-refractivity contribution in [3.05, 3.63) is 0 Å². The molecule has 0 saturated heterocycles. The molecule has 0 spiro atoms. The standard InChI is InChI=1S/C22H43NO4/c1-3-4-5-6-7-8-9-10-11-12-13-14-15-20(2)27-22(26)17-19-23-18-16-21(24)25/h20,23H,3-19H2,1-2H3,(H,24,25). The van der Waals surface area contributed by atoms with Crippen LogP contribution in [-0.2, 0) is 14.3 Å². The number of carboxylic acids is 1. The summed E-state index contributed by atoms with van der Waals surface area (Å²) in [4.78, 5) is 22.1. The van der Waals surface area contributed by atoms with Crippen LogP contribution < -0.4 is 5.32 Å². The van der Waals surface area contributed by atoms with Gasteiger partial charge in [0, 0.05) is 13.1 Å². The second kappa shape index (κ2) is 19.7. The third kappa shape index (κ3) is 21.1. The Hall–Kier alpha value is -1.10. The number of carbonyl (C=O) groups excluding carboxylic acids is 1. The van der Waals surface area contributed by atoms with Crippen molar-refractivity contribution in [2.24, 2.45) is 0 Å². The van der Waals surface area contributed by atoms with E-state index in [1.165, 1.54) is 70.6 Å². The third-order valence-electron chi connectivity index (χ3n) is 4.82. The first-order valence-corrected chi connectivity index (χ1v) is 11.2. The molecular formula is C22H43NO4. The summed E-state index contributed by atoms with van der Waals surface area (Å²) >= 11 is 0. The van der Waals surface area contributed by atoms with Crippen LogP contribution in [0.1, 0.15) is 110 Å². The summed E-state index contributed by atoms with van der Waals surface area (Å²) in [7, 11) is 0. The minimum Gasteiger partial charge on any atom is -0.481 e. The molecule has 0 rings (SSSR count). The van der Waals surface area contributed by atoms with Gasteiger partial charge in [0.15, 0.2) is 0 Å². The van der Waals surface area contributed by atoms with E-state index in [0.29, 0.717) is 19.5 Å². The summed E-state index contributed by atoms with van der Waals surface area (Å²) < 4.78 is 5.38. The minimum absolute atomic E-state index is 0.0281. The number of hydrogen-bond donors (Lipinski definition) is 2. The molecule has 0 heterocycles. The van der Waals surface area contributed by atoms with E-state index in [0.717, 1.165) is 12.8 Å². The summed E-state index contributed by atoms with van der Waals surface area (Å²) in [6, 6.07) is 0. The number of esters is 1. The highest BCUT2D eigenvalue weighted by Gasteiger charge is 2.09. The molecule has 0 aromatic carbocycles. The van der Waals surface area contributed by atoms with Crippen LogP contribution in [0.2, 0.25) is 0 Å². The van der Waals surface area contributed by atoms with E-state index in [-0.39, 0.29) is 18.5 Å². The second-order valence-electron chi connectivity index (χ2n) is 7.62. The SMILES string of the molecule is CCCCCCCCCCCCCCC(C)OC(=O)CCNCCC(=O)O. The zero-order chi connectivity index (χ0) is 20.2. The summed E-state index contributed by atoms with van der Waals surface area (Å²) in [5.41, 5.74) is 0. The van der Waals surface area contributed by atoms with Crippen molar-refractivity contribution in [3.63, 3.8) is 0 Å². The lowest BCUT2D eigenvalue weighted by molar-refractivity contribution is -0.148. The molecule has 0 aliphatic rings. The summed E-state index contributed by atoms with van der Waals surface area (Å²) in [6.45, 7) is 5.07. The average molecular weight is 386 g/mol. The molecule has 0 bridgehead atoms. The maximum absolute atomic E-state index is 11.7. The molecular weight excluding hydrogens is 342 g/mol. The van der Waals surface area contributed by atoms with Gasteiger partial charge in [-0.25, -0.2) is 0 Å². The molecule has 0 aliphatic carbocycles. The van der Waals surface area contributed by atoms with Gasteiger partial charge in [0.1, 0.15) is 0 Å². The van der Waals surface area contributed by atoms with Crippen molar-refractivity contribution in [3.8, 4) is 0 Å². The normalized spacial score (nSPS) is 12.1. The van der Waals surface area contributed by atoms with Gasteiger partial charge in [-0.3, -0.25) is 9.59 Å². The first-order chi connectivity index (χ1) is 13.1. The Balaban J connectivity index is 3.32. The first kappa shape index (κ1) is 25.9. The van der Waals surface area contributed by atoms with E-state index in [1.807, 2.05) is 6.92 Å². The van der Waals surface area contributed by atoms with Gasteiger partial charge in [0.2, 0.25) is 0 Å². The zero-order valence-corrected chi connectivity index (χ0v) is 17.8. The number of hydrogen-bond acceptors (Lipinski definition) is 4. The van der Waals surface area contributed by atoms with Gasteiger partial charge < -0.3 is 15.2 Å².